The maximum Gasteiger partial charge on any atom is 0.283 e. The molecule has 1 amide bonds. The van der Waals surface area contributed by atoms with Gasteiger partial charge in [-0.2, -0.15) is 15.1 Å². The zero-order valence-corrected chi connectivity index (χ0v) is 19.5. The largest absolute Gasteiger partial charge is 0.490 e. The highest BCUT2D eigenvalue weighted by Crippen LogP contribution is 2.32. The number of carbonyl (C=O) groups excluding carboxylic acids is 1. The van der Waals surface area contributed by atoms with Gasteiger partial charge in [0.15, 0.2) is 5.84 Å². The minimum Gasteiger partial charge on any atom is -0.490 e. The molecule has 0 spiro atoms. The van der Waals surface area contributed by atoms with Crippen LogP contribution in [0.3, 0.4) is 0 Å². The van der Waals surface area contributed by atoms with E-state index >= 15 is 0 Å². The van der Waals surface area contributed by atoms with Crippen molar-refractivity contribution in [3.05, 3.63) is 65.7 Å². The Morgan fingerprint density at radius 3 is 2.27 bits per heavy atom. The summed E-state index contributed by atoms with van der Waals surface area (Å²) >= 11 is 1.39. The van der Waals surface area contributed by atoms with Crippen LogP contribution in [0.1, 0.15) is 32.3 Å². The lowest BCUT2D eigenvalue weighted by Crippen LogP contribution is -2.35. The first kappa shape index (κ1) is 22.8. The van der Waals surface area contributed by atoms with Gasteiger partial charge >= 0.3 is 0 Å². The zero-order valence-electron chi connectivity index (χ0n) is 18.7. The normalized spacial score (nSPS) is 16.7. The highest BCUT2D eigenvalue weighted by Gasteiger charge is 2.37. The lowest BCUT2D eigenvalue weighted by Gasteiger charge is -2.20. The van der Waals surface area contributed by atoms with Gasteiger partial charge in [-0.05, 0) is 60.5 Å². The molecule has 2 heterocycles. The summed E-state index contributed by atoms with van der Waals surface area (Å²) in [5.41, 5.74) is 1.00. The summed E-state index contributed by atoms with van der Waals surface area (Å²) in [4.78, 5) is 16.8. The van der Waals surface area contributed by atoms with E-state index in [-0.39, 0.29) is 11.4 Å². The summed E-state index contributed by atoms with van der Waals surface area (Å²) in [5, 5.41) is 15.9. The number of ether oxygens (including phenoxy) is 2. The second-order valence-corrected chi connectivity index (χ2v) is 8.54. The van der Waals surface area contributed by atoms with E-state index in [1.807, 2.05) is 54.6 Å². The molecule has 0 radical (unpaired) electrons. The van der Waals surface area contributed by atoms with Gasteiger partial charge in [0.2, 0.25) is 5.17 Å². The Kier molecular flexibility index (Phi) is 7.24. The maximum atomic E-state index is 12.6. The molecule has 1 N–H and O–H groups in total. The number of aliphatic imine (C=N–C) groups is 1. The summed E-state index contributed by atoms with van der Waals surface area (Å²) in [6, 6.07) is 16.9. The summed E-state index contributed by atoms with van der Waals surface area (Å²) in [6.45, 7) is 5.08. The van der Waals surface area contributed by atoms with Crippen LogP contribution in [0.15, 0.2) is 70.3 Å². The molecule has 33 heavy (non-hydrogen) atoms. The quantitative estimate of drug-likeness (QED) is 0.409. The van der Waals surface area contributed by atoms with Crippen molar-refractivity contribution < 1.29 is 14.3 Å². The smallest absolute Gasteiger partial charge is 0.283 e. The molecule has 0 aromatic heterocycles. The molecule has 0 saturated carbocycles. The van der Waals surface area contributed by atoms with Crippen LogP contribution in [-0.2, 0) is 4.79 Å². The van der Waals surface area contributed by atoms with Crippen molar-refractivity contribution in [2.75, 3.05) is 13.2 Å². The summed E-state index contributed by atoms with van der Waals surface area (Å²) in [6.07, 6.45) is 3.59. The number of para-hydroxylation sites is 1. The second kappa shape index (κ2) is 10.5. The van der Waals surface area contributed by atoms with Gasteiger partial charge in [-0.3, -0.25) is 10.2 Å². The first-order valence-corrected chi connectivity index (χ1v) is 11.8. The standard InChI is InChI=1S/C25H26N4O3S/c1-3-18(4-2)24-28-29-22(26)21(23(30)27-25(29)33-24)16-17-10-12-20(13-11-17)32-15-14-31-19-8-6-5-7-9-19/h5-13,16,18,26H,3-4,14-15H2,1-2H3. The Balaban J connectivity index is 1.38. The van der Waals surface area contributed by atoms with E-state index in [0.717, 1.165) is 29.2 Å². The highest BCUT2D eigenvalue weighted by molar-refractivity contribution is 8.27. The molecule has 0 aliphatic carbocycles. The van der Waals surface area contributed by atoms with E-state index in [4.69, 9.17) is 14.9 Å². The fraction of sp³-hybridized carbons (Fsp3) is 0.280. The van der Waals surface area contributed by atoms with Gasteiger partial charge in [-0.15, -0.1) is 0 Å². The third-order valence-electron chi connectivity index (χ3n) is 5.36. The van der Waals surface area contributed by atoms with Crippen LogP contribution in [0.4, 0.5) is 0 Å². The molecule has 0 atom stereocenters. The van der Waals surface area contributed by atoms with Crippen molar-refractivity contribution in [2.45, 2.75) is 26.7 Å². The van der Waals surface area contributed by atoms with Gasteiger partial charge in [0.1, 0.15) is 29.8 Å². The van der Waals surface area contributed by atoms with Crippen LogP contribution in [0, 0.1) is 11.3 Å². The number of hydrazone groups is 1. The topological polar surface area (TPSA) is 87.3 Å². The van der Waals surface area contributed by atoms with E-state index < -0.39 is 5.91 Å². The number of nitrogens with zero attached hydrogens (tertiary/aromatic N) is 3. The minimum absolute atomic E-state index is 0.0526. The van der Waals surface area contributed by atoms with Gasteiger partial charge < -0.3 is 9.47 Å². The fourth-order valence-corrected chi connectivity index (χ4v) is 4.63. The van der Waals surface area contributed by atoms with E-state index in [1.165, 1.54) is 16.8 Å². The Morgan fingerprint density at radius 2 is 1.64 bits per heavy atom. The molecule has 0 bridgehead atoms. The number of amidine groups is 2. The van der Waals surface area contributed by atoms with Gasteiger partial charge in [-0.25, -0.2) is 0 Å². The molecule has 0 fully saturated rings. The van der Waals surface area contributed by atoms with Gasteiger partial charge in [0.05, 0.1) is 5.57 Å². The van der Waals surface area contributed by atoms with Crippen molar-refractivity contribution in [3.8, 4) is 11.5 Å². The van der Waals surface area contributed by atoms with Gasteiger partial charge in [-0.1, -0.05) is 44.2 Å². The van der Waals surface area contributed by atoms with E-state index in [0.29, 0.717) is 30.0 Å². The Bertz CT molecular complexity index is 1110. The molecule has 0 unspecified atom stereocenters. The molecule has 4 rings (SSSR count). The number of benzene rings is 2. The number of hydrogen-bond acceptors (Lipinski definition) is 6. The van der Waals surface area contributed by atoms with Crippen LogP contribution in [0.2, 0.25) is 0 Å². The van der Waals surface area contributed by atoms with E-state index in [1.54, 1.807) is 6.08 Å². The van der Waals surface area contributed by atoms with Crippen molar-refractivity contribution in [1.82, 2.24) is 5.01 Å². The Labute approximate surface area is 197 Å². The molecule has 0 saturated heterocycles. The lowest BCUT2D eigenvalue weighted by molar-refractivity contribution is -0.114. The van der Waals surface area contributed by atoms with E-state index in [9.17, 15) is 4.79 Å². The number of nitrogens with one attached hydrogen (secondary N) is 1. The van der Waals surface area contributed by atoms with Crippen molar-refractivity contribution >= 4 is 39.8 Å². The average Bonchev–Trinajstić information content (AvgIpc) is 3.25. The Hall–Kier alpha value is -3.39. The molecule has 2 aromatic carbocycles. The molecular weight excluding hydrogens is 436 g/mol. The summed E-state index contributed by atoms with van der Waals surface area (Å²) in [7, 11) is 0. The third kappa shape index (κ3) is 5.34. The number of rotatable bonds is 9. The monoisotopic (exact) mass is 462 g/mol. The number of carbonyl (C=O) groups is 1. The number of hydrogen-bond donors (Lipinski definition) is 1. The van der Waals surface area contributed by atoms with Gasteiger partial charge in [0, 0.05) is 5.92 Å². The van der Waals surface area contributed by atoms with Crippen molar-refractivity contribution in [2.24, 2.45) is 16.0 Å². The predicted octanol–water partition coefficient (Wildman–Crippen LogP) is 5.20. The average molecular weight is 463 g/mol. The zero-order chi connectivity index (χ0) is 23.2. The van der Waals surface area contributed by atoms with Crippen molar-refractivity contribution in [3.63, 3.8) is 0 Å². The van der Waals surface area contributed by atoms with E-state index in [2.05, 4.69) is 23.9 Å². The lowest BCUT2D eigenvalue weighted by atomic mass is 10.1. The van der Waals surface area contributed by atoms with Crippen LogP contribution in [-0.4, -0.2) is 40.2 Å². The van der Waals surface area contributed by atoms with Crippen molar-refractivity contribution in [1.29, 1.82) is 5.41 Å². The second-order valence-electron chi connectivity index (χ2n) is 7.55. The molecule has 8 heteroatoms. The number of amides is 1. The minimum atomic E-state index is -0.418. The molecule has 7 nitrogen and oxygen atoms in total. The first-order valence-electron chi connectivity index (χ1n) is 11.0. The first-order chi connectivity index (χ1) is 16.1. The molecular formula is C25H26N4O3S. The summed E-state index contributed by atoms with van der Waals surface area (Å²) < 4.78 is 11.3. The molecule has 170 valence electrons. The Morgan fingerprint density at radius 1 is 1.00 bits per heavy atom. The fourth-order valence-electron chi connectivity index (χ4n) is 3.47. The number of thioether (sulfide) groups is 1. The third-order valence-corrected chi connectivity index (χ3v) is 6.43. The molecule has 2 aromatic rings. The molecule has 2 aliphatic heterocycles. The summed E-state index contributed by atoms with van der Waals surface area (Å²) in [5.74, 6) is 1.45. The van der Waals surface area contributed by atoms with Crippen LogP contribution >= 0.6 is 11.8 Å². The maximum absolute atomic E-state index is 12.6. The van der Waals surface area contributed by atoms with Crippen LogP contribution in [0.5, 0.6) is 11.5 Å². The van der Waals surface area contributed by atoms with Crippen LogP contribution < -0.4 is 9.47 Å². The van der Waals surface area contributed by atoms with Crippen LogP contribution in [0.25, 0.3) is 6.08 Å². The highest BCUT2D eigenvalue weighted by atomic mass is 32.2. The predicted molar refractivity (Wildman–Crippen MR) is 133 cm³/mol. The van der Waals surface area contributed by atoms with Gasteiger partial charge in [0.25, 0.3) is 5.91 Å². The SMILES string of the molecule is CCC(CC)C1=NN2C(=N)C(=Cc3ccc(OCCOc4ccccc4)cc3)C(=O)N=C2S1. The molecule has 2 aliphatic rings. The number of fused-ring (bicyclic) bond motifs is 1.